The molecule has 4 rings (SSSR count). The van der Waals surface area contributed by atoms with Gasteiger partial charge in [0.15, 0.2) is 0 Å². The summed E-state index contributed by atoms with van der Waals surface area (Å²) < 4.78 is 0. The summed E-state index contributed by atoms with van der Waals surface area (Å²) in [6.45, 7) is 0.916. The van der Waals surface area contributed by atoms with E-state index < -0.39 is 11.9 Å². The number of hydrogen-bond donors (Lipinski definition) is 1. The SMILES string of the molecule is O=C(O)C1CN(C(=O)C2C3CCCC32)CC1c1ccccc1. The molecule has 4 atom stereocenters. The Hall–Kier alpha value is -1.84. The predicted octanol–water partition coefficient (Wildman–Crippen LogP) is 2.36. The minimum atomic E-state index is -0.792. The molecule has 1 aromatic carbocycles. The van der Waals surface area contributed by atoms with Gasteiger partial charge in [0.2, 0.25) is 5.91 Å². The molecule has 0 aromatic heterocycles. The van der Waals surface area contributed by atoms with Crippen LogP contribution in [0.5, 0.6) is 0 Å². The molecule has 1 N–H and O–H groups in total. The van der Waals surface area contributed by atoms with E-state index in [4.69, 9.17) is 0 Å². The lowest BCUT2D eigenvalue weighted by molar-refractivity contribution is -0.142. The number of likely N-dealkylation sites (tertiary alicyclic amines) is 1. The molecule has 4 nitrogen and oxygen atoms in total. The number of fused-ring (bicyclic) bond motifs is 1. The summed E-state index contributed by atoms with van der Waals surface area (Å²) >= 11 is 0. The van der Waals surface area contributed by atoms with Gasteiger partial charge in [-0.05, 0) is 30.2 Å². The molecule has 2 saturated carbocycles. The Morgan fingerprint density at radius 3 is 2.36 bits per heavy atom. The van der Waals surface area contributed by atoms with Crippen molar-refractivity contribution in [3.8, 4) is 0 Å². The largest absolute Gasteiger partial charge is 0.481 e. The summed E-state index contributed by atoms with van der Waals surface area (Å²) in [6.07, 6.45) is 3.61. The molecule has 0 bridgehead atoms. The minimum Gasteiger partial charge on any atom is -0.481 e. The lowest BCUT2D eigenvalue weighted by Gasteiger charge is -2.17. The standard InChI is InChI=1S/C18H21NO3/c20-17(16-12-7-4-8-13(12)16)19-9-14(15(10-19)18(21)22)11-5-2-1-3-6-11/h1-3,5-6,12-16H,4,7-10H2,(H,21,22). The van der Waals surface area contributed by atoms with Gasteiger partial charge in [-0.25, -0.2) is 0 Å². The summed E-state index contributed by atoms with van der Waals surface area (Å²) in [5, 5.41) is 9.52. The average Bonchev–Trinajstić information content (AvgIpc) is 2.93. The topological polar surface area (TPSA) is 57.6 Å². The molecular weight excluding hydrogens is 278 g/mol. The maximum absolute atomic E-state index is 12.7. The van der Waals surface area contributed by atoms with Crippen LogP contribution in [-0.2, 0) is 9.59 Å². The highest BCUT2D eigenvalue weighted by atomic mass is 16.4. The zero-order valence-corrected chi connectivity index (χ0v) is 12.5. The van der Waals surface area contributed by atoms with Gasteiger partial charge in [0.25, 0.3) is 0 Å². The van der Waals surface area contributed by atoms with Crippen molar-refractivity contribution in [3.63, 3.8) is 0 Å². The molecule has 3 fully saturated rings. The van der Waals surface area contributed by atoms with Gasteiger partial charge < -0.3 is 10.0 Å². The number of nitrogens with zero attached hydrogens (tertiary/aromatic N) is 1. The van der Waals surface area contributed by atoms with Gasteiger partial charge in [-0.3, -0.25) is 9.59 Å². The number of aliphatic carboxylic acids is 1. The second kappa shape index (κ2) is 5.11. The maximum atomic E-state index is 12.7. The predicted molar refractivity (Wildman–Crippen MR) is 81.2 cm³/mol. The third kappa shape index (κ3) is 2.13. The molecule has 0 radical (unpaired) electrons. The van der Waals surface area contributed by atoms with Crippen molar-refractivity contribution in [2.24, 2.45) is 23.7 Å². The van der Waals surface area contributed by atoms with Crippen molar-refractivity contribution >= 4 is 11.9 Å². The first-order chi connectivity index (χ1) is 10.7. The van der Waals surface area contributed by atoms with Crippen molar-refractivity contribution < 1.29 is 14.7 Å². The molecule has 1 saturated heterocycles. The van der Waals surface area contributed by atoms with Gasteiger partial charge in [-0.15, -0.1) is 0 Å². The first-order valence-corrected chi connectivity index (χ1v) is 8.23. The van der Waals surface area contributed by atoms with Crippen LogP contribution in [0.25, 0.3) is 0 Å². The van der Waals surface area contributed by atoms with Crippen LogP contribution in [0.1, 0.15) is 30.7 Å². The Labute approximate surface area is 130 Å². The first-order valence-electron chi connectivity index (χ1n) is 8.23. The molecule has 1 aromatic rings. The quantitative estimate of drug-likeness (QED) is 0.932. The Bertz CT molecular complexity index is 590. The van der Waals surface area contributed by atoms with Crippen LogP contribution in [0.4, 0.5) is 0 Å². The van der Waals surface area contributed by atoms with E-state index in [2.05, 4.69) is 0 Å². The van der Waals surface area contributed by atoms with Gasteiger partial charge in [0, 0.05) is 24.9 Å². The van der Waals surface area contributed by atoms with Crippen molar-refractivity contribution in [1.82, 2.24) is 4.90 Å². The molecule has 4 unspecified atom stereocenters. The van der Waals surface area contributed by atoms with Crippen molar-refractivity contribution in [2.75, 3.05) is 13.1 Å². The summed E-state index contributed by atoms with van der Waals surface area (Å²) in [5.74, 6) is 0.224. The van der Waals surface area contributed by atoms with E-state index in [1.807, 2.05) is 35.2 Å². The number of carbonyl (C=O) groups is 2. The maximum Gasteiger partial charge on any atom is 0.308 e. The van der Waals surface area contributed by atoms with Gasteiger partial charge in [0.05, 0.1) is 5.92 Å². The van der Waals surface area contributed by atoms with Crippen molar-refractivity contribution in [2.45, 2.75) is 25.2 Å². The molecule has 116 valence electrons. The highest BCUT2D eigenvalue weighted by Crippen LogP contribution is 2.58. The Balaban J connectivity index is 1.52. The summed E-state index contributed by atoms with van der Waals surface area (Å²) in [6, 6.07) is 9.75. The third-order valence-electron chi connectivity index (χ3n) is 5.87. The van der Waals surface area contributed by atoms with Crippen LogP contribution in [0.3, 0.4) is 0 Å². The number of carboxylic acid groups (broad SMARTS) is 1. The van der Waals surface area contributed by atoms with Crippen LogP contribution in [0, 0.1) is 23.7 Å². The van der Waals surface area contributed by atoms with Crippen LogP contribution in [0.2, 0.25) is 0 Å². The van der Waals surface area contributed by atoms with E-state index in [0.29, 0.717) is 24.9 Å². The number of benzene rings is 1. The summed E-state index contributed by atoms with van der Waals surface area (Å²) in [7, 11) is 0. The normalized spacial score (nSPS) is 36.2. The molecule has 22 heavy (non-hydrogen) atoms. The van der Waals surface area contributed by atoms with E-state index in [9.17, 15) is 14.7 Å². The summed E-state index contributed by atoms with van der Waals surface area (Å²) in [4.78, 5) is 26.1. The zero-order valence-electron chi connectivity index (χ0n) is 12.5. The van der Waals surface area contributed by atoms with Gasteiger partial charge >= 0.3 is 5.97 Å². The Kier molecular flexibility index (Phi) is 3.21. The second-order valence-corrected chi connectivity index (χ2v) is 6.99. The fraction of sp³-hybridized carbons (Fsp3) is 0.556. The number of amides is 1. The third-order valence-corrected chi connectivity index (χ3v) is 5.87. The molecule has 4 heteroatoms. The van der Waals surface area contributed by atoms with E-state index in [0.717, 1.165) is 5.56 Å². The molecule has 3 aliphatic rings. The minimum absolute atomic E-state index is 0.0822. The van der Waals surface area contributed by atoms with E-state index in [1.54, 1.807) is 0 Å². The highest BCUT2D eigenvalue weighted by molar-refractivity contribution is 5.84. The average molecular weight is 299 g/mol. The fourth-order valence-electron chi connectivity index (χ4n) is 4.67. The Morgan fingerprint density at radius 1 is 1.05 bits per heavy atom. The number of hydrogen-bond acceptors (Lipinski definition) is 2. The number of carbonyl (C=O) groups excluding carboxylic acids is 1. The molecule has 2 aliphatic carbocycles. The van der Waals surface area contributed by atoms with E-state index in [-0.39, 0.29) is 17.7 Å². The molecule has 1 amide bonds. The molecule has 1 heterocycles. The molecular formula is C18H21NO3. The van der Waals surface area contributed by atoms with Crippen molar-refractivity contribution in [3.05, 3.63) is 35.9 Å². The summed E-state index contributed by atoms with van der Waals surface area (Å²) in [5.41, 5.74) is 1.03. The number of rotatable bonds is 3. The van der Waals surface area contributed by atoms with E-state index in [1.165, 1.54) is 19.3 Å². The van der Waals surface area contributed by atoms with E-state index >= 15 is 0 Å². The molecule has 0 spiro atoms. The second-order valence-electron chi connectivity index (χ2n) is 6.99. The van der Waals surface area contributed by atoms with Crippen LogP contribution >= 0.6 is 0 Å². The van der Waals surface area contributed by atoms with Crippen LogP contribution < -0.4 is 0 Å². The first kappa shape index (κ1) is 13.8. The lowest BCUT2D eigenvalue weighted by atomic mass is 9.89. The monoisotopic (exact) mass is 299 g/mol. The van der Waals surface area contributed by atoms with Crippen LogP contribution in [-0.4, -0.2) is 35.0 Å². The fourth-order valence-corrected chi connectivity index (χ4v) is 4.67. The van der Waals surface area contributed by atoms with Gasteiger partial charge in [0.1, 0.15) is 0 Å². The van der Waals surface area contributed by atoms with Crippen LogP contribution in [0.15, 0.2) is 30.3 Å². The van der Waals surface area contributed by atoms with Gasteiger partial charge in [-0.1, -0.05) is 36.8 Å². The smallest absolute Gasteiger partial charge is 0.308 e. The molecule has 1 aliphatic heterocycles. The Morgan fingerprint density at radius 2 is 1.73 bits per heavy atom. The number of carboxylic acids is 1. The lowest BCUT2D eigenvalue weighted by Crippen LogP contribution is -2.32. The van der Waals surface area contributed by atoms with Gasteiger partial charge in [-0.2, -0.15) is 0 Å². The zero-order chi connectivity index (χ0) is 15.3. The highest BCUT2D eigenvalue weighted by Gasteiger charge is 2.58. The van der Waals surface area contributed by atoms with Crippen molar-refractivity contribution in [1.29, 1.82) is 0 Å².